The van der Waals surface area contributed by atoms with Crippen LogP contribution in [-0.4, -0.2) is 47.7 Å². The minimum atomic E-state index is -0.931. The molecule has 1 fully saturated rings. The maximum atomic E-state index is 12.0. The maximum Gasteiger partial charge on any atom is 0.306 e. The summed E-state index contributed by atoms with van der Waals surface area (Å²) in [6.07, 6.45) is -0.556. The summed E-state index contributed by atoms with van der Waals surface area (Å²) in [4.78, 5) is 24.1. The van der Waals surface area contributed by atoms with Gasteiger partial charge in [0.25, 0.3) is 5.91 Å². The SMILES string of the molecule is O=C(O)CC1CN(C(=O)C#Cc2ccccc2)CCO1. The van der Waals surface area contributed by atoms with Crippen LogP contribution in [0, 0.1) is 11.8 Å². The van der Waals surface area contributed by atoms with Gasteiger partial charge in [0, 0.05) is 24.6 Å². The zero-order valence-corrected chi connectivity index (χ0v) is 10.9. The topological polar surface area (TPSA) is 66.8 Å². The summed E-state index contributed by atoms with van der Waals surface area (Å²) in [6, 6.07) is 9.24. The lowest BCUT2D eigenvalue weighted by Crippen LogP contribution is -2.45. The second-order valence-electron chi connectivity index (χ2n) is 4.46. The molecule has 1 amide bonds. The molecule has 1 aliphatic heterocycles. The summed E-state index contributed by atoms with van der Waals surface area (Å²) >= 11 is 0. The van der Waals surface area contributed by atoms with Crippen LogP contribution in [0.15, 0.2) is 30.3 Å². The monoisotopic (exact) mass is 273 g/mol. The van der Waals surface area contributed by atoms with E-state index in [1.165, 1.54) is 4.90 Å². The van der Waals surface area contributed by atoms with Gasteiger partial charge in [-0.05, 0) is 12.1 Å². The molecule has 1 aromatic rings. The highest BCUT2D eigenvalue weighted by molar-refractivity contribution is 5.94. The van der Waals surface area contributed by atoms with Crippen LogP contribution in [-0.2, 0) is 14.3 Å². The van der Waals surface area contributed by atoms with Crippen molar-refractivity contribution in [1.29, 1.82) is 0 Å². The molecule has 5 heteroatoms. The second kappa shape index (κ2) is 6.73. The molecule has 1 saturated heterocycles. The summed E-state index contributed by atoms with van der Waals surface area (Å²) in [5.74, 6) is 4.15. The van der Waals surface area contributed by atoms with E-state index in [0.717, 1.165) is 5.56 Å². The van der Waals surface area contributed by atoms with Crippen molar-refractivity contribution in [1.82, 2.24) is 4.90 Å². The Morgan fingerprint density at radius 3 is 2.80 bits per heavy atom. The second-order valence-corrected chi connectivity index (χ2v) is 4.46. The van der Waals surface area contributed by atoms with E-state index in [9.17, 15) is 9.59 Å². The third-order valence-corrected chi connectivity index (χ3v) is 2.92. The van der Waals surface area contributed by atoms with Gasteiger partial charge in [0.05, 0.1) is 19.1 Å². The molecular weight excluding hydrogens is 258 g/mol. The first-order valence-electron chi connectivity index (χ1n) is 6.34. The van der Waals surface area contributed by atoms with Gasteiger partial charge in [0.1, 0.15) is 0 Å². The lowest BCUT2D eigenvalue weighted by atomic mass is 10.2. The van der Waals surface area contributed by atoms with E-state index in [0.29, 0.717) is 13.2 Å². The molecule has 104 valence electrons. The summed E-state index contributed by atoms with van der Waals surface area (Å²) in [6.45, 7) is 1.06. The van der Waals surface area contributed by atoms with Crippen LogP contribution in [0.1, 0.15) is 12.0 Å². The predicted octanol–water partition coefficient (Wildman–Crippen LogP) is 0.740. The summed E-state index contributed by atoms with van der Waals surface area (Å²) in [5, 5.41) is 8.73. The number of carbonyl (C=O) groups excluding carboxylic acids is 1. The third kappa shape index (κ3) is 4.11. The van der Waals surface area contributed by atoms with Gasteiger partial charge in [-0.1, -0.05) is 24.1 Å². The molecule has 1 atom stereocenters. The highest BCUT2D eigenvalue weighted by Crippen LogP contribution is 2.08. The molecule has 0 spiro atoms. The zero-order chi connectivity index (χ0) is 14.4. The average molecular weight is 273 g/mol. The van der Waals surface area contributed by atoms with Crippen LogP contribution in [0.2, 0.25) is 0 Å². The maximum absolute atomic E-state index is 12.0. The number of aliphatic carboxylic acids is 1. The Morgan fingerprint density at radius 1 is 1.35 bits per heavy atom. The first-order chi connectivity index (χ1) is 9.65. The van der Waals surface area contributed by atoms with Crippen molar-refractivity contribution in [3.8, 4) is 11.8 Å². The standard InChI is InChI=1S/C15H15NO4/c17-14(7-6-12-4-2-1-3-5-12)16-8-9-20-13(11-16)10-15(18)19/h1-5,13H,8-11H2,(H,18,19). The molecule has 1 aliphatic rings. The predicted molar refractivity (Wildman–Crippen MR) is 71.9 cm³/mol. The number of hydrogen-bond acceptors (Lipinski definition) is 3. The normalized spacial score (nSPS) is 18.0. The third-order valence-electron chi connectivity index (χ3n) is 2.92. The van der Waals surface area contributed by atoms with E-state index in [2.05, 4.69) is 11.8 Å². The summed E-state index contributed by atoms with van der Waals surface area (Å²) < 4.78 is 5.31. The van der Waals surface area contributed by atoms with Crippen molar-refractivity contribution in [2.45, 2.75) is 12.5 Å². The Bertz CT molecular complexity index is 544. The molecule has 1 aromatic carbocycles. The Morgan fingerprint density at radius 2 is 2.10 bits per heavy atom. The van der Waals surface area contributed by atoms with E-state index < -0.39 is 12.1 Å². The highest BCUT2D eigenvalue weighted by atomic mass is 16.5. The van der Waals surface area contributed by atoms with E-state index in [1.807, 2.05) is 30.3 Å². The van der Waals surface area contributed by atoms with Gasteiger partial charge < -0.3 is 14.7 Å². The first kappa shape index (κ1) is 14.1. The molecule has 0 aliphatic carbocycles. The van der Waals surface area contributed by atoms with Crippen LogP contribution in [0.4, 0.5) is 0 Å². The fourth-order valence-electron chi connectivity index (χ4n) is 1.95. The number of carbonyl (C=O) groups is 2. The number of ether oxygens (including phenoxy) is 1. The van der Waals surface area contributed by atoms with Gasteiger partial charge in [0.15, 0.2) is 0 Å². The lowest BCUT2D eigenvalue weighted by Gasteiger charge is -2.30. The summed E-state index contributed by atoms with van der Waals surface area (Å²) in [5.41, 5.74) is 0.774. The molecule has 0 saturated carbocycles. The van der Waals surface area contributed by atoms with Crippen LogP contribution >= 0.6 is 0 Å². The quantitative estimate of drug-likeness (QED) is 0.807. The number of hydrogen-bond donors (Lipinski definition) is 1. The van der Waals surface area contributed by atoms with Crippen molar-refractivity contribution in [3.05, 3.63) is 35.9 Å². The molecule has 20 heavy (non-hydrogen) atoms. The lowest BCUT2D eigenvalue weighted by molar-refractivity contribution is -0.145. The average Bonchev–Trinajstić information content (AvgIpc) is 2.45. The fourth-order valence-corrected chi connectivity index (χ4v) is 1.95. The van der Waals surface area contributed by atoms with Gasteiger partial charge in [-0.3, -0.25) is 9.59 Å². The van der Waals surface area contributed by atoms with Crippen LogP contribution in [0.3, 0.4) is 0 Å². The Hall–Kier alpha value is -2.32. The molecule has 1 N–H and O–H groups in total. The summed E-state index contributed by atoms with van der Waals surface area (Å²) in [7, 11) is 0. The van der Waals surface area contributed by atoms with Crippen molar-refractivity contribution in [2.24, 2.45) is 0 Å². The van der Waals surface area contributed by atoms with Crippen LogP contribution < -0.4 is 0 Å². The minimum Gasteiger partial charge on any atom is -0.481 e. The number of amides is 1. The molecular formula is C15H15NO4. The Kier molecular flexibility index (Phi) is 4.75. The molecule has 0 bridgehead atoms. The van der Waals surface area contributed by atoms with Gasteiger partial charge in [-0.2, -0.15) is 0 Å². The first-order valence-corrected chi connectivity index (χ1v) is 6.34. The van der Waals surface area contributed by atoms with E-state index in [-0.39, 0.29) is 18.9 Å². The van der Waals surface area contributed by atoms with Crippen molar-refractivity contribution in [2.75, 3.05) is 19.7 Å². The Balaban J connectivity index is 1.95. The Labute approximate surface area is 117 Å². The fraction of sp³-hybridized carbons (Fsp3) is 0.333. The molecule has 2 rings (SSSR count). The highest BCUT2D eigenvalue weighted by Gasteiger charge is 2.24. The number of carboxylic acid groups (broad SMARTS) is 1. The zero-order valence-electron chi connectivity index (χ0n) is 10.9. The number of carboxylic acids is 1. The molecule has 1 unspecified atom stereocenters. The smallest absolute Gasteiger partial charge is 0.306 e. The van der Waals surface area contributed by atoms with Gasteiger partial charge >= 0.3 is 5.97 Å². The largest absolute Gasteiger partial charge is 0.481 e. The van der Waals surface area contributed by atoms with E-state index >= 15 is 0 Å². The number of rotatable bonds is 2. The molecule has 5 nitrogen and oxygen atoms in total. The molecule has 1 heterocycles. The van der Waals surface area contributed by atoms with Gasteiger partial charge in [-0.15, -0.1) is 0 Å². The molecule has 0 aromatic heterocycles. The number of benzene rings is 1. The number of morpholine rings is 1. The van der Waals surface area contributed by atoms with Gasteiger partial charge in [-0.25, -0.2) is 0 Å². The van der Waals surface area contributed by atoms with Crippen molar-refractivity contribution >= 4 is 11.9 Å². The van der Waals surface area contributed by atoms with E-state index in [4.69, 9.17) is 9.84 Å². The van der Waals surface area contributed by atoms with Crippen LogP contribution in [0.5, 0.6) is 0 Å². The van der Waals surface area contributed by atoms with Crippen LogP contribution in [0.25, 0.3) is 0 Å². The van der Waals surface area contributed by atoms with E-state index in [1.54, 1.807) is 0 Å². The number of nitrogens with zero attached hydrogens (tertiary/aromatic N) is 1. The molecule has 0 radical (unpaired) electrons. The minimum absolute atomic E-state index is 0.101. The van der Waals surface area contributed by atoms with Crippen molar-refractivity contribution < 1.29 is 19.4 Å². The van der Waals surface area contributed by atoms with Gasteiger partial charge in [0.2, 0.25) is 0 Å². The van der Waals surface area contributed by atoms with Crippen molar-refractivity contribution in [3.63, 3.8) is 0 Å².